The number of halogens is 1. The number of rotatable bonds is 9. The van der Waals surface area contributed by atoms with Crippen molar-refractivity contribution >= 4 is 38.7 Å². The Labute approximate surface area is 198 Å². The molecule has 172 valence electrons. The summed E-state index contributed by atoms with van der Waals surface area (Å²) in [7, 11) is 0. The molecule has 0 saturated heterocycles. The minimum absolute atomic E-state index is 0.258. The molecule has 32 heavy (non-hydrogen) atoms. The summed E-state index contributed by atoms with van der Waals surface area (Å²) in [6.45, 7) is 10.9. The Kier molecular flexibility index (Phi) is 7.43. The molecule has 1 aromatic carbocycles. The second kappa shape index (κ2) is 10.1. The van der Waals surface area contributed by atoms with Crippen LogP contribution in [-0.4, -0.2) is 28.3 Å². The van der Waals surface area contributed by atoms with Crippen LogP contribution in [0.15, 0.2) is 18.2 Å². The van der Waals surface area contributed by atoms with Crippen molar-refractivity contribution in [3.63, 3.8) is 0 Å². The van der Waals surface area contributed by atoms with E-state index in [0.717, 1.165) is 52.5 Å². The van der Waals surface area contributed by atoms with Gasteiger partial charge in [-0.15, -0.1) is 22.7 Å². The van der Waals surface area contributed by atoms with Crippen molar-refractivity contribution in [2.24, 2.45) is 5.92 Å². The van der Waals surface area contributed by atoms with Crippen LogP contribution >= 0.6 is 22.7 Å². The first kappa shape index (κ1) is 23.5. The molecule has 1 unspecified atom stereocenters. The lowest BCUT2D eigenvalue weighted by molar-refractivity contribution is -0.118. The van der Waals surface area contributed by atoms with Gasteiger partial charge in [0.15, 0.2) is 0 Å². The van der Waals surface area contributed by atoms with E-state index in [0.29, 0.717) is 36.1 Å². The predicted octanol–water partition coefficient (Wildman–Crippen LogP) is 7.26. The van der Waals surface area contributed by atoms with Gasteiger partial charge >= 0.3 is 0 Å². The highest BCUT2D eigenvalue weighted by Gasteiger charge is 2.28. The molecule has 0 aliphatic carbocycles. The van der Waals surface area contributed by atoms with Crippen LogP contribution in [0.5, 0.6) is 0 Å². The van der Waals surface area contributed by atoms with Gasteiger partial charge in [-0.25, -0.2) is 9.37 Å². The number of hydrogen-bond acceptors (Lipinski definition) is 5. The fourth-order valence-corrected chi connectivity index (χ4v) is 6.94. The van der Waals surface area contributed by atoms with Crippen LogP contribution in [0, 0.1) is 11.7 Å². The Balaban J connectivity index is 1.65. The molecule has 3 aromatic rings. The first-order valence-electron chi connectivity index (χ1n) is 11.8. The number of hydrogen-bond donors (Lipinski definition) is 0. The van der Waals surface area contributed by atoms with Gasteiger partial charge in [0.2, 0.25) is 0 Å². The molecule has 3 heterocycles. The van der Waals surface area contributed by atoms with Gasteiger partial charge in [0.05, 0.1) is 10.2 Å². The van der Waals surface area contributed by atoms with E-state index in [1.807, 2.05) is 6.07 Å². The maximum atomic E-state index is 13.7. The van der Waals surface area contributed by atoms with E-state index >= 15 is 0 Å². The van der Waals surface area contributed by atoms with Crippen molar-refractivity contribution < 1.29 is 9.18 Å². The van der Waals surface area contributed by atoms with Gasteiger partial charge in [-0.1, -0.05) is 26.7 Å². The lowest BCUT2D eigenvalue weighted by Gasteiger charge is -2.30. The highest BCUT2D eigenvalue weighted by atomic mass is 32.1. The second-order valence-corrected chi connectivity index (χ2v) is 11.6. The number of nitrogens with zero attached hydrogens (tertiary/aromatic N) is 2. The quantitative estimate of drug-likeness (QED) is 0.329. The molecule has 0 amide bonds. The summed E-state index contributed by atoms with van der Waals surface area (Å²) in [4.78, 5) is 22.7. The maximum Gasteiger partial charge on any atom is 0.138 e. The molecular weight excluding hydrogens is 439 g/mol. The number of thiazole rings is 1. The number of ketones is 1. The predicted molar refractivity (Wildman–Crippen MR) is 134 cm³/mol. The molecule has 1 aliphatic rings. The third-order valence-corrected chi connectivity index (χ3v) is 8.93. The van der Waals surface area contributed by atoms with Gasteiger partial charge < -0.3 is 0 Å². The van der Waals surface area contributed by atoms with Gasteiger partial charge in [0.1, 0.15) is 16.6 Å². The van der Waals surface area contributed by atoms with Crippen molar-refractivity contribution in [2.75, 3.05) is 6.54 Å². The van der Waals surface area contributed by atoms with Gasteiger partial charge in [-0.05, 0) is 50.3 Å². The van der Waals surface area contributed by atoms with Gasteiger partial charge in [0, 0.05) is 53.4 Å². The first-order chi connectivity index (χ1) is 15.4. The molecule has 0 saturated carbocycles. The third kappa shape index (κ3) is 5.13. The average Bonchev–Trinajstić information content (AvgIpc) is 3.32. The van der Waals surface area contributed by atoms with Gasteiger partial charge in [-0.2, -0.15) is 0 Å². The lowest BCUT2D eigenvalue weighted by Crippen LogP contribution is -2.35. The van der Waals surface area contributed by atoms with Crippen molar-refractivity contribution in [2.45, 2.75) is 78.8 Å². The molecule has 6 heteroatoms. The SMILES string of the molecule is CCC(C)CCCC(=O)Cc1sc2c(c1-c1nc3cc(F)ccc3s1)CCN(C(C)C)C2. The van der Waals surface area contributed by atoms with E-state index < -0.39 is 0 Å². The minimum atomic E-state index is -0.258. The number of Topliss-reactive ketones (excluding diaryl/α,β-unsaturated/α-hetero) is 1. The summed E-state index contributed by atoms with van der Waals surface area (Å²) in [5, 5.41) is 0.934. The standard InChI is InChI=1S/C26H33FN2OS2/c1-5-17(4)7-6-8-19(30)14-23-25(20-11-12-29(16(2)3)15-24(20)31-23)26-28-21-13-18(27)9-10-22(21)32-26/h9-10,13,16-17H,5-8,11-12,14-15H2,1-4H3. The number of aromatic nitrogens is 1. The number of thiophene rings is 1. The van der Waals surface area contributed by atoms with Gasteiger partial charge in [-0.3, -0.25) is 9.69 Å². The molecule has 0 bridgehead atoms. The van der Waals surface area contributed by atoms with Crippen LogP contribution in [0.3, 0.4) is 0 Å². The zero-order valence-corrected chi connectivity index (χ0v) is 21.2. The lowest BCUT2D eigenvalue weighted by atomic mass is 9.97. The van der Waals surface area contributed by atoms with Crippen LogP contribution in [0.2, 0.25) is 0 Å². The van der Waals surface area contributed by atoms with E-state index in [1.54, 1.807) is 22.7 Å². The van der Waals surface area contributed by atoms with Crippen LogP contribution in [-0.2, 0) is 24.2 Å². The molecule has 1 atom stereocenters. The van der Waals surface area contributed by atoms with Crippen LogP contribution in [0.1, 0.15) is 68.7 Å². The number of fused-ring (bicyclic) bond motifs is 2. The minimum Gasteiger partial charge on any atom is -0.299 e. The first-order valence-corrected chi connectivity index (χ1v) is 13.4. The normalized spacial score (nSPS) is 15.4. The smallest absolute Gasteiger partial charge is 0.138 e. The van der Waals surface area contributed by atoms with E-state index in [9.17, 15) is 9.18 Å². The van der Waals surface area contributed by atoms with Crippen molar-refractivity contribution in [1.82, 2.24) is 9.88 Å². The molecule has 0 fully saturated rings. The molecule has 0 spiro atoms. The average molecular weight is 473 g/mol. The Bertz CT molecular complexity index is 1100. The largest absolute Gasteiger partial charge is 0.299 e. The van der Waals surface area contributed by atoms with Gasteiger partial charge in [0.25, 0.3) is 0 Å². The third-order valence-electron chi connectivity index (χ3n) is 6.66. The highest BCUT2D eigenvalue weighted by molar-refractivity contribution is 7.22. The van der Waals surface area contributed by atoms with Crippen LogP contribution in [0.4, 0.5) is 4.39 Å². The van der Waals surface area contributed by atoms with Crippen molar-refractivity contribution in [3.05, 3.63) is 39.3 Å². The van der Waals surface area contributed by atoms with Crippen LogP contribution < -0.4 is 0 Å². The van der Waals surface area contributed by atoms with Crippen molar-refractivity contribution in [3.8, 4) is 10.6 Å². The Morgan fingerprint density at radius 3 is 2.81 bits per heavy atom. The summed E-state index contributed by atoms with van der Waals surface area (Å²) in [5.41, 5.74) is 3.22. The molecule has 4 rings (SSSR count). The Hall–Kier alpha value is -1.63. The molecule has 3 nitrogen and oxygen atoms in total. The fourth-order valence-electron chi connectivity index (χ4n) is 4.42. The zero-order chi connectivity index (χ0) is 22.8. The summed E-state index contributed by atoms with van der Waals surface area (Å²) in [6.07, 6.45) is 5.36. The summed E-state index contributed by atoms with van der Waals surface area (Å²) < 4.78 is 14.7. The topological polar surface area (TPSA) is 33.2 Å². The Morgan fingerprint density at radius 1 is 1.25 bits per heavy atom. The summed E-state index contributed by atoms with van der Waals surface area (Å²) >= 11 is 3.41. The van der Waals surface area contributed by atoms with E-state index in [1.165, 1.54) is 29.0 Å². The monoisotopic (exact) mass is 472 g/mol. The van der Waals surface area contributed by atoms with E-state index in [2.05, 4.69) is 32.6 Å². The molecule has 0 radical (unpaired) electrons. The van der Waals surface area contributed by atoms with E-state index in [-0.39, 0.29) is 5.82 Å². The number of carbonyl (C=O) groups is 1. The highest BCUT2D eigenvalue weighted by Crippen LogP contribution is 2.43. The summed E-state index contributed by atoms with van der Waals surface area (Å²) in [5.74, 6) is 0.740. The van der Waals surface area contributed by atoms with Crippen LogP contribution in [0.25, 0.3) is 20.8 Å². The fraction of sp³-hybridized carbons (Fsp3) is 0.538. The number of carbonyl (C=O) groups excluding carboxylic acids is 1. The number of benzene rings is 1. The van der Waals surface area contributed by atoms with E-state index in [4.69, 9.17) is 4.98 Å². The van der Waals surface area contributed by atoms with Crippen molar-refractivity contribution in [1.29, 1.82) is 0 Å². The second-order valence-electron chi connectivity index (χ2n) is 9.37. The molecule has 2 aromatic heterocycles. The zero-order valence-electron chi connectivity index (χ0n) is 19.5. The summed E-state index contributed by atoms with van der Waals surface area (Å²) in [6, 6.07) is 5.32. The molecule has 0 N–H and O–H groups in total. The molecular formula is C26H33FN2OS2. The molecule has 1 aliphatic heterocycles. The Morgan fingerprint density at radius 2 is 2.06 bits per heavy atom. The maximum absolute atomic E-state index is 13.7.